The van der Waals surface area contributed by atoms with Gasteiger partial charge in [0.1, 0.15) is 5.82 Å². The van der Waals surface area contributed by atoms with Crippen LogP contribution in [0, 0.1) is 24.2 Å². The number of anilines is 4. The first kappa shape index (κ1) is 33.1. The number of terminal acetylenes is 1. The Hall–Kier alpha value is -5.78. The summed E-state index contributed by atoms with van der Waals surface area (Å²) in [6, 6.07) is 23.9. The van der Waals surface area contributed by atoms with Crippen LogP contribution in [0.5, 0.6) is 0 Å². The number of H-pyrrole nitrogens is 2. The summed E-state index contributed by atoms with van der Waals surface area (Å²) in [5.74, 6) is 13.7. The van der Waals surface area contributed by atoms with Crippen LogP contribution in [0.1, 0.15) is 68.3 Å². The minimum Gasteiger partial charge on any atom is -0.322 e. The van der Waals surface area contributed by atoms with Gasteiger partial charge in [-0.1, -0.05) is 66.6 Å². The van der Waals surface area contributed by atoms with Gasteiger partial charge in [0.25, 0.3) is 0 Å². The maximum atomic E-state index is 4.65. The number of hydrogen-bond donors (Lipinski definition) is 4. The standard InChI is InChI=1S/C19H17N5.C16H14BrN5.C3H4/c1-2-6-15-12-20-18(14-7-4-3-5-8-14)22-19(15)21-17-11-16(23-24-17)13-9-10-13;17-12-9-18-15(11-4-2-1-3-5-11)20-16(12)19-14-8-13(21-22-14)10-6-7-10;1-3-2/h3-5,7-8,11-13H,9-10H2,1H3,(H2,20,21,22,23,24);1-5,8-10H,6-7H2,(H2,18,19,20,21,22);1H,2H3. The van der Waals surface area contributed by atoms with E-state index in [0.717, 1.165) is 32.8 Å². The summed E-state index contributed by atoms with van der Waals surface area (Å²) >= 11 is 3.48. The fourth-order valence-corrected chi connectivity index (χ4v) is 5.15. The Morgan fingerprint density at radius 2 is 1.18 bits per heavy atom. The molecule has 4 heterocycles. The number of nitrogens with zero attached hydrogens (tertiary/aromatic N) is 6. The molecule has 244 valence electrons. The molecule has 0 saturated heterocycles. The summed E-state index contributed by atoms with van der Waals surface area (Å²) in [5, 5.41) is 21.3. The first-order valence-electron chi connectivity index (χ1n) is 16.0. The summed E-state index contributed by atoms with van der Waals surface area (Å²) in [6.07, 6.45) is 13.1. The van der Waals surface area contributed by atoms with Gasteiger partial charge in [-0.2, -0.15) is 10.2 Å². The van der Waals surface area contributed by atoms with Crippen molar-refractivity contribution < 1.29 is 0 Å². The first-order valence-corrected chi connectivity index (χ1v) is 16.8. The Bertz CT molecular complexity index is 2100. The molecular weight excluding hydrogens is 676 g/mol. The molecule has 0 radical (unpaired) electrons. The third kappa shape index (κ3) is 8.98. The molecule has 4 aromatic heterocycles. The smallest absolute Gasteiger partial charge is 0.161 e. The highest BCUT2D eigenvalue weighted by atomic mass is 79.9. The van der Waals surface area contributed by atoms with Gasteiger partial charge in [-0.3, -0.25) is 10.2 Å². The number of benzene rings is 2. The lowest BCUT2D eigenvalue weighted by Crippen LogP contribution is -2.01. The van der Waals surface area contributed by atoms with E-state index in [-0.39, 0.29) is 0 Å². The summed E-state index contributed by atoms with van der Waals surface area (Å²) in [6.45, 7) is 3.45. The summed E-state index contributed by atoms with van der Waals surface area (Å²) in [4.78, 5) is 18.0. The van der Waals surface area contributed by atoms with Gasteiger partial charge in [-0.05, 0) is 55.5 Å². The zero-order chi connectivity index (χ0) is 34.0. The van der Waals surface area contributed by atoms with Crippen LogP contribution in [0.25, 0.3) is 22.8 Å². The minimum atomic E-state index is 0.633. The van der Waals surface area contributed by atoms with Gasteiger partial charge in [0.05, 0.1) is 10.0 Å². The SMILES string of the molecule is Brc1cnc(-c2ccccc2)nc1Nc1cc(C2CC2)[nH]n1.C#CC.CC#Cc1cnc(-c2ccccc2)nc1Nc1cc(C2CC2)[nH]n1. The Labute approximate surface area is 294 Å². The molecule has 2 aliphatic rings. The highest BCUT2D eigenvalue weighted by Crippen LogP contribution is 2.40. The number of aromatic amines is 2. The predicted molar refractivity (Wildman–Crippen MR) is 197 cm³/mol. The maximum absolute atomic E-state index is 4.65. The van der Waals surface area contributed by atoms with Gasteiger partial charge in [-0.15, -0.1) is 18.3 Å². The zero-order valence-corrected chi connectivity index (χ0v) is 28.8. The van der Waals surface area contributed by atoms with Gasteiger partial charge < -0.3 is 10.6 Å². The molecule has 2 fully saturated rings. The molecule has 0 bridgehead atoms. The van der Waals surface area contributed by atoms with Gasteiger partial charge in [-0.25, -0.2) is 19.9 Å². The van der Waals surface area contributed by atoms with Crippen LogP contribution in [0.15, 0.2) is 89.7 Å². The lowest BCUT2D eigenvalue weighted by atomic mass is 10.2. The van der Waals surface area contributed by atoms with Gasteiger partial charge in [0.2, 0.25) is 0 Å². The predicted octanol–water partition coefficient (Wildman–Crippen LogP) is 8.75. The molecule has 0 atom stereocenters. The lowest BCUT2D eigenvalue weighted by Gasteiger charge is -2.07. The molecule has 0 amide bonds. The van der Waals surface area contributed by atoms with E-state index in [4.69, 9.17) is 0 Å². The van der Waals surface area contributed by atoms with Crippen LogP contribution in [-0.4, -0.2) is 40.3 Å². The Balaban J connectivity index is 0.000000158. The van der Waals surface area contributed by atoms with Crippen molar-refractivity contribution in [3.05, 3.63) is 107 Å². The molecule has 0 aliphatic heterocycles. The second-order valence-electron chi connectivity index (χ2n) is 11.5. The van der Waals surface area contributed by atoms with E-state index in [2.05, 4.69) is 97.1 Å². The van der Waals surface area contributed by atoms with E-state index in [9.17, 15) is 0 Å². The fourth-order valence-electron chi connectivity index (χ4n) is 4.86. The van der Waals surface area contributed by atoms with Crippen molar-refractivity contribution in [1.29, 1.82) is 0 Å². The second-order valence-corrected chi connectivity index (χ2v) is 12.3. The molecule has 8 rings (SSSR count). The zero-order valence-electron chi connectivity index (χ0n) is 27.2. The van der Waals surface area contributed by atoms with Crippen LogP contribution in [0.4, 0.5) is 23.3 Å². The molecule has 4 N–H and O–H groups in total. The molecule has 2 aliphatic carbocycles. The van der Waals surface area contributed by atoms with Crippen molar-refractivity contribution in [2.45, 2.75) is 51.4 Å². The highest BCUT2D eigenvalue weighted by molar-refractivity contribution is 9.10. The van der Waals surface area contributed by atoms with Gasteiger partial charge in [0.15, 0.2) is 29.1 Å². The third-order valence-corrected chi connectivity index (χ3v) is 8.16. The molecule has 0 spiro atoms. The third-order valence-electron chi connectivity index (χ3n) is 7.58. The average Bonchev–Trinajstić information content (AvgIpc) is 4.07. The number of rotatable bonds is 8. The molecular formula is C38H35BrN10. The molecule has 2 saturated carbocycles. The lowest BCUT2D eigenvalue weighted by molar-refractivity contribution is 0.966. The Morgan fingerprint density at radius 1 is 0.714 bits per heavy atom. The number of halogens is 1. The highest BCUT2D eigenvalue weighted by Gasteiger charge is 2.26. The summed E-state index contributed by atoms with van der Waals surface area (Å²) in [7, 11) is 0. The van der Waals surface area contributed by atoms with E-state index in [1.165, 1.54) is 37.1 Å². The average molecular weight is 712 g/mol. The summed E-state index contributed by atoms with van der Waals surface area (Å²) in [5.41, 5.74) is 5.08. The van der Waals surface area contributed by atoms with E-state index < -0.39 is 0 Å². The van der Waals surface area contributed by atoms with Crippen LogP contribution in [0.3, 0.4) is 0 Å². The monoisotopic (exact) mass is 710 g/mol. The first-order chi connectivity index (χ1) is 24.0. The fraction of sp³-hybridized carbons (Fsp3) is 0.211. The molecule has 2 aromatic carbocycles. The van der Waals surface area contributed by atoms with E-state index in [1.807, 2.05) is 66.7 Å². The largest absolute Gasteiger partial charge is 0.322 e. The van der Waals surface area contributed by atoms with Gasteiger partial charge >= 0.3 is 0 Å². The van der Waals surface area contributed by atoms with Crippen LogP contribution in [-0.2, 0) is 0 Å². The molecule has 0 unspecified atom stereocenters. The van der Waals surface area contributed by atoms with E-state index in [0.29, 0.717) is 35.1 Å². The molecule has 6 aromatic rings. The second kappa shape index (κ2) is 15.9. The normalized spacial score (nSPS) is 12.9. The van der Waals surface area contributed by atoms with E-state index in [1.54, 1.807) is 26.2 Å². The van der Waals surface area contributed by atoms with Gasteiger partial charge in [0, 0.05) is 58.9 Å². The van der Waals surface area contributed by atoms with E-state index >= 15 is 0 Å². The molecule has 10 nitrogen and oxygen atoms in total. The minimum absolute atomic E-state index is 0.633. The number of hydrogen-bond acceptors (Lipinski definition) is 8. The van der Waals surface area contributed by atoms with Crippen molar-refractivity contribution in [1.82, 2.24) is 40.3 Å². The van der Waals surface area contributed by atoms with Crippen molar-refractivity contribution in [2.24, 2.45) is 0 Å². The van der Waals surface area contributed by atoms with Crippen LogP contribution in [0.2, 0.25) is 0 Å². The quantitative estimate of drug-likeness (QED) is 0.115. The molecule has 11 heteroatoms. The molecule has 49 heavy (non-hydrogen) atoms. The van der Waals surface area contributed by atoms with Crippen LogP contribution >= 0.6 is 15.9 Å². The van der Waals surface area contributed by atoms with Crippen molar-refractivity contribution >= 4 is 39.2 Å². The van der Waals surface area contributed by atoms with Crippen molar-refractivity contribution in [3.63, 3.8) is 0 Å². The van der Waals surface area contributed by atoms with Crippen molar-refractivity contribution in [3.8, 4) is 47.0 Å². The number of aromatic nitrogens is 8. The number of nitrogens with one attached hydrogen (secondary N) is 4. The van der Waals surface area contributed by atoms with Crippen molar-refractivity contribution in [2.75, 3.05) is 10.6 Å². The Morgan fingerprint density at radius 3 is 1.67 bits per heavy atom. The van der Waals surface area contributed by atoms with Crippen LogP contribution < -0.4 is 10.6 Å². The topological polar surface area (TPSA) is 133 Å². The maximum Gasteiger partial charge on any atom is 0.161 e. The summed E-state index contributed by atoms with van der Waals surface area (Å²) < 4.78 is 0.808. The Kier molecular flexibility index (Phi) is 10.7.